The van der Waals surface area contributed by atoms with E-state index in [1.165, 1.54) is 0 Å². The van der Waals surface area contributed by atoms with E-state index in [0.29, 0.717) is 6.42 Å². The van der Waals surface area contributed by atoms with Gasteiger partial charge >= 0.3 is 0 Å². The number of halogens is 1. The van der Waals surface area contributed by atoms with Gasteiger partial charge in [0, 0.05) is 16.2 Å². The first-order valence-electron chi connectivity index (χ1n) is 2.86. The second-order valence-corrected chi connectivity index (χ2v) is 3.73. The number of thiol groups is 1. The van der Waals surface area contributed by atoms with Gasteiger partial charge in [0.25, 0.3) is 0 Å². The van der Waals surface area contributed by atoms with E-state index in [0.717, 1.165) is 3.58 Å². The first kappa shape index (κ1) is 11.1. The summed E-state index contributed by atoms with van der Waals surface area (Å²) in [5.74, 6) is 0. The van der Waals surface area contributed by atoms with E-state index in [2.05, 4.69) is 46.9 Å². The number of nitrogens with zero attached hydrogens (tertiary/aromatic N) is 1. The van der Waals surface area contributed by atoms with Crippen molar-refractivity contribution in [1.29, 1.82) is 0 Å². The minimum absolute atomic E-state index is 0.309. The largest absolute Gasteiger partial charge is 0.320 e. The zero-order chi connectivity index (χ0) is 8.85. The summed E-state index contributed by atoms with van der Waals surface area (Å²) in [5, 5.41) is -0.309. The third-order valence-corrected chi connectivity index (χ3v) is 2.01. The van der Waals surface area contributed by atoms with E-state index in [1.807, 2.05) is 0 Å². The SMILES string of the molecule is C=N/C=C(\I)C[C@H](N)C(=O)S. The highest BCUT2D eigenvalue weighted by atomic mass is 127. The van der Waals surface area contributed by atoms with Crippen LogP contribution in [0, 0.1) is 0 Å². The van der Waals surface area contributed by atoms with Gasteiger partial charge in [-0.05, 0) is 29.3 Å². The van der Waals surface area contributed by atoms with Crippen LogP contribution >= 0.6 is 35.2 Å². The van der Waals surface area contributed by atoms with Crippen LogP contribution in [-0.2, 0) is 4.79 Å². The molecule has 0 fully saturated rings. The fourth-order valence-electron chi connectivity index (χ4n) is 0.449. The highest BCUT2D eigenvalue weighted by Gasteiger charge is 2.09. The fourth-order valence-corrected chi connectivity index (χ4v) is 1.21. The summed E-state index contributed by atoms with van der Waals surface area (Å²) < 4.78 is 0.896. The lowest BCUT2D eigenvalue weighted by Crippen LogP contribution is -2.26. The van der Waals surface area contributed by atoms with E-state index < -0.39 is 6.04 Å². The molecule has 11 heavy (non-hydrogen) atoms. The maximum absolute atomic E-state index is 10.5. The van der Waals surface area contributed by atoms with Crippen LogP contribution in [0.1, 0.15) is 6.42 Å². The van der Waals surface area contributed by atoms with Crippen molar-refractivity contribution < 1.29 is 4.79 Å². The Bertz CT molecular complexity index is 193. The Morgan fingerprint density at radius 3 is 2.82 bits per heavy atom. The van der Waals surface area contributed by atoms with Crippen molar-refractivity contribution in [3.8, 4) is 0 Å². The molecule has 0 spiro atoms. The molecule has 0 amide bonds. The van der Waals surface area contributed by atoms with Crippen molar-refractivity contribution in [3.05, 3.63) is 9.78 Å². The lowest BCUT2D eigenvalue weighted by atomic mass is 10.2. The van der Waals surface area contributed by atoms with Gasteiger partial charge in [-0.3, -0.25) is 9.79 Å². The molecule has 0 unspecified atom stereocenters. The second kappa shape index (κ2) is 5.73. The summed E-state index contributed by atoms with van der Waals surface area (Å²) in [6.07, 6.45) is 2.04. The van der Waals surface area contributed by atoms with Crippen molar-refractivity contribution in [2.75, 3.05) is 0 Å². The minimum atomic E-state index is -0.539. The Kier molecular flexibility index (Phi) is 5.79. The zero-order valence-corrected chi connectivity index (χ0v) is 8.88. The molecule has 0 aromatic rings. The van der Waals surface area contributed by atoms with Crippen LogP contribution < -0.4 is 5.73 Å². The molecular weight excluding hydrogens is 275 g/mol. The third kappa shape index (κ3) is 5.40. The standard InChI is InChI=1S/C6H9IN2OS/c1-9-3-4(7)2-5(8)6(10)11/h3,5H,1-2,8H2,(H,10,11)/b4-3-/t5-/m0/s1. The molecule has 0 aliphatic heterocycles. The average molecular weight is 284 g/mol. The molecule has 0 aliphatic rings. The highest BCUT2D eigenvalue weighted by Crippen LogP contribution is 2.13. The van der Waals surface area contributed by atoms with Gasteiger partial charge in [0.05, 0.1) is 6.04 Å². The zero-order valence-electron chi connectivity index (χ0n) is 5.83. The summed E-state index contributed by atoms with van der Waals surface area (Å²) in [6.45, 7) is 3.28. The van der Waals surface area contributed by atoms with Gasteiger partial charge in [-0.15, -0.1) is 12.6 Å². The molecule has 5 heteroatoms. The minimum Gasteiger partial charge on any atom is -0.320 e. The smallest absolute Gasteiger partial charge is 0.202 e. The van der Waals surface area contributed by atoms with Crippen molar-refractivity contribution in [2.45, 2.75) is 12.5 Å². The van der Waals surface area contributed by atoms with E-state index in [9.17, 15) is 4.79 Å². The van der Waals surface area contributed by atoms with E-state index in [4.69, 9.17) is 5.73 Å². The number of aliphatic imine (C=N–C) groups is 1. The lowest BCUT2D eigenvalue weighted by Gasteiger charge is -2.03. The Balaban J connectivity index is 3.94. The summed E-state index contributed by atoms with van der Waals surface area (Å²) in [4.78, 5) is 14.1. The number of nitrogens with two attached hydrogens (primary N) is 1. The Morgan fingerprint density at radius 1 is 1.91 bits per heavy atom. The van der Waals surface area contributed by atoms with Crippen LogP contribution in [0.4, 0.5) is 0 Å². The monoisotopic (exact) mass is 284 g/mol. The molecule has 0 radical (unpaired) electrons. The van der Waals surface area contributed by atoms with Gasteiger partial charge in [0.15, 0.2) is 0 Å². The van der Waals surface area contributed by atoms with Gasteiger partial charge in [0.1, 0.15) is 0 Å². The number of hydrogen-bond donors (Lipinski definition) is 2. The predicted molar refractivity (Wildman–Crippen MR) is 58.2 cm³/mol. The summed E-state index contributed by atoms with van der Waals surface area (Å²) in [5.41, 5.74) is 5.41. The molecule has 0 saturated heterocycles. The Labute approximate surface area is 84.7 Å². The van der Waals surface area contributed by atoms with Gasteiger partial charge < -0.3 is 5.73 Å². The summed E-state index contributed by atoms with van der Waals surface area (Å²) >= 11 is 5.65. The van der Waals surface area contributed by atoms with E-state index in [-0.39, 0.29) is 5.12 Å². The fraction of sp³-hybridized carbons (Fsp3) is 0.333. The molecule has 62 valence electrons. The Morgan fingerprint density at radius 2 is 2.45 bits per heavy atom. The molecule has 0 heterocycles. The maximum Gasteiger partial charge on any atom is 0.202 e. The molecule has 0 rings (SSSR count). The molecule has 0 bridgehead atoms. The first-order valence-corrected chi connectivity index (χ1v) is 4.39. The first-order chi connectivity index (χ1) is 5.07. The molecule has 0 saturated carbocycles. The van der Waals surface area contributed by atoms with E-state index >= 15 is 0 Å². The van der Waals surface area contributed by atoms with Crippen LogP contribution in [0.25, 0.3) is 0 Å². The normalized spacial score (nSPS) is 14.3. The quantitative estimate of drug-likeness (QED) is 0.462. The second-order valence-electron chi connectivity index (χ2n) is 1.91. The maximum atomic E-state index is 10.5. The van der Waals surface area contributed by atoms with Gasteiger partial charge in [-0.25, -0.2) is 0 Å². The van der Waals surface area contributed by atoms with Crippen molar-refractivity contribution in [3.63, 3.8) is 0 Å². The molecule has 3 nitrogen and oxygen atoms in total. The molecule has 0 aromatic heterocycles. The van der Waals surface area contributed by atoms with Crippen LogP contribution in [0.5, 0.6) is 0 Å². The van der Waals surface area contributed by atoms with Crippen molar-refractivity contribution in [2.24, 2.45) is 10.7 Å². The lowest BCUT2D eigenvalue weighted by molar-refractivity contribution is -0.111. The van der Waals surface area contributed by atoms with Gasteiger partial charge in [0.2, 0.25) is 5.12 Å². The number of carbonyl (C=O) groups excluding carboxylic acids is 1. The average Bonchev–Trinajstić information content (AvgIpc) is 1.87. The number of hydrogen-bond acceptors (Lipinski definition) is 3. The molecule has 0 aliphatic carbocycles. The number of rotatable bonds is 4. The molecule has 1 atom stereocenters. The molecule has 2 N–H and O–H groups in total. The highest BCUT2D eigenvalue weighted by molar-refractivity contribution is 14.1. The van der Waals surface area contributed by atoms with Crippen molar-refractivity contribution >= 4 is 47.1 Å². The predicted octanol–water partition coefficient (Wildman–Crippen LogP) is 1.14. The Hall–Kier alpha value is 0.120. The van der Waals surface area contributed by atoms with Gasteiger partial charge in [-0.1, -0.05) is 0 Å². The van der Waals surface area contributed by atoms with E-state index in [1.54, 1.807) is 6.20 Å². The van der Waals surface area contributed by atoms with Crippen LogP contribution in [0.2, 0.25) is 0 Å². The summed E-state index contributed by atoms with van der Waals surface area (Å²) in [7, 11) is 0. The van der Waals surface area contributed by atoms with Gasteiger partial charge in [-0.2, -0.15) is 0 Å². The molecule has 0 aromatic carbocycles. The summed E-state index contributed by atoms with van der Waals surface area (Å²) in [6, 6.07) is -0.539. The topological polar surface area (TPSA) is 55.4 Å². The van der Waals surface area contributed by atoms with Crippen LogP contribution in [-0.4, -0.2) is 17.9 Å². The van der Waals surface area contributed by atoms with Crippen LogP contribution in [0.3, 0.4) is 0 Å². The van der Waals surface area contributed by atoms with Crippen molar-refractivity contribution in [1.82, 2.24) is 0 Å². The van der Waals surface area contributed by atoms with Crippen LogP contribution in [0.15, 0.2) is 14.8 Å². The third-order valence-electron chi connectivity index (χ3n) is 0.963. The molecular formula is C6H9IN2OS. The number of carbonyl (C=O) groups is 1.